The SMILES string of the molecule is CSc1ccc(OC2=NO[C@@H](c3ccc(OC(F)(F)F)cc3)C2)cn1. The van der Waals surface area contributed by atoms with Crippen molar-refractivity contribution in [3.8, 4) is 11.5 Å². The highest BCUT2D eigenvalue weighted by atomic mass is 32.2. The molecule has 1 aliphatic rings. The molecular weight excluding hydrogens is 357 g/mol. The average molecular weight is 370 g/mol. The van der Waals surface area contributed by atoms with Crippen LogP contribution in [-0.4, -0.2) is 23.5 Å². The number of rotatable bonds is 4. The van der Waals surface area contributed by atoms with Gasteiger partial charge in [0.05, 0.1) is 17.6 Å². The molecule has 0 bridgehead atoms. The van der Waals surface area contributed by atoms with Crippen LogP contribution in [0, 0.1) is 0 Å². The van der Waals surface area contributed by atoms with E-state index in [0.717, 1.165) is 5.03 Å². The Labute approximate surface area is 145 Å². The molecule has 0 spiro atoms. The molecule has 0 unspecified atom stereocenters. The number of pyridine rings is 1. The molecule has 0 saturated heterocycles. The van der Waals surface area contributed by atoms with Crippen LogP contribution in [0.5, 0.6) is 11.5 Å². The van der Waals surface area contributed by atoms with E-state index in [-0.39, 0.29) is 5.75 Å². The number of hydrogen-bond donors (Lipinski definition) is 0. The highest BCUT2D eigenvalue weighted by Gasteiger charge is 2.31. The maximum absolute atomic E-state index is 12.2. The summed E-state index contributed by atoms with van der Waals surface area (Å²) in [4.78, 5) is 9.48. The second-order valence-corrected chi connectivity index (χ2v) is 5.86. The molecule has 1 aliphatic heterocycles. The number of halogens is 3. The number of ether oxygens (including phenoxy) is 2. The summed E-state index contributed by atoms with van der Waals surface area (Å²) < 4.78 is 45.9. The molecule has 25 heavy (non-hydrogen) atoms. The Kier molecular flexibility index (Phi) is 5.03. The van der Waals surface area contributed by atoms with E-state index in [4.69, 9.17) is 9.57 Å². The van der Waals surface area contributed by atoms with Crippen LogP contribution in [0.15, 0.2) is 52.8 Å². The first kappa shape index (κ1) is 17.4. The van der Waals surface area contributed by atoms with Crippen molar-refractivity contribution in [2.24, 2.45) is 5.16 Å². The van der Waals surface area contributed by atoms with Crippen molar-refractivity contribution in [1.82, 2.24) is 4.98 Å². The zero-order chi connectivity index (χ0) is 17.9. The number of benzene rings is 1. The second-order valence-electron chi connectivity index (χ2n) is 5.04. The van der Waals surface area contributed by atoms with Crippen LogP contribution in [0.25, 0.3) is 0 Å². The molecule has 0 saturated carbocycles. The highest BCUT2D eigenvalue weighted by Crippen LogP contribution is 2.30. The Hall–Kier alpha value is -2.42. The highest BCUT2D eigenvalue weighted by molar-refractivity contribution is 7.98. The van der Waals surface area contributed by atoms with E-state index in [1.807, 2.05) is 12.3 Å². The van der Waals surface area contributed by atoms with E-state index < -0.39 is 12.5 Å². The molecule has 2 heterocycles. The second kappa shape index (κ2) is 7.22. The van der Waals surface area contributed by atoms with E-state index in [2.05, 4.69) is 14.9 Å². The molecule has 5 nitrogen and oxygen atoms in total. The van der Waals surface area contributed by atoms with Gasteiger partial charge in [0.15, 0.2) is 6.10 Å². The van der Waals surface area contributed by atoms with Gasteiger partial charge < -0.3 is 14.3 Å². The maximum Gasteiger partial charge on any atom is 0.573 e. The molecule has 1 aromatic carbocycles. The summed E-state index contributed by atoms with van der Waals surface area (Å²) >= 11 is 1.52. The lowest BCUT2D eigenvalue weighted by atomic mass is 10.1. The number of thioether (sulfide) groups is 1. The van der Waals surface area contributed by atoms with Gasteiger partial charge in [-0.25, -0.2) is 4.98 Å². The van der Waals surface area contributed by atoms with Gasteiger partial charge in [-0.3, -0.25) is 0 Å². The number of nitrogens with zero attached hydrogens (tertiary/aromatic N) is 2. The van der Waals surface area contributed by atoms with Crippen LogP contribution in [0.3, 0.4) is 0 Å². The standard InChI is InChI=1S/C16H13F3N2O3S/c1-25-15-7-6-12(9-20-15)22-14-8-13(24-21-14)10-2-4-11(5-3-10)23-16(17,18)19/h2-7,9,13H,8H2,1H3/t13-/m1/s1. The van der Waals surface area contributed by atoms with Gasteiger partial charge in [0.25, 0.3) is 0 Å². The van der Waals surface area contributed by atoms with Gasteiger partial charge in [0.1, 0.15) is 11.5 Å². The van der Waals surface area contributed by atoms with E-state index in [1.165, 1.54) is 36.0 Å². The fourth-order valence-corrected chi connectivity index (χ4v) is 2.52. The predicted octanol–water partition coefficient (Wildman–Crippen LogP) is 4.56. The van der Waals surface area contributed by atoms with Crippen molar-refractivity contribution < 1.29 is 27.5 Å². The lowest BCUT2D eigenvalue weighted by Gasteiger charge is -2.11. The Morgan fingerprint density at radius 2 is 1.84 bits per heavy atom. The van der Waals surface area contributed by atoms with E-state index >= 15 is 0 Å². The van der Waals surface area contributed by atoms with Gasteiger partial charge in [-0.1, -0.05) is 17.3 Å². The van der Waals surface area contributed by atoms with E-state index in [1.54, 1.807) is 12.3 Å². The quantitative estimate of drug-likeness (QED) is 0.739. The van der Waals surface area contributed by atoms with E-state index in [0.29, 0.717) is 23.6 Å². The maximum atomic E-state index is 12.2. The Balaban J connectivity index is 1.58. The predicted molar refractivity (Wildman–Crippen MR) is 85.6 cm³/mol. The first-order valence-electron chi connectivity index (χ1n) is 7.19. The summed E-state index contributed by atoms with van der Waals surface area (Å²) in [6.07, 6.45) is -1.26. The lowest BCUT2D eigenvalue weighted by Crippen LogP contribution is -2.17. The molecule has 0 radical (unpaired) electrons. The third-order valence-electron chi connectivity index (χ3n) is 3.28. The summed E-state index contributed by atoms with van der Waals surface area (Å²) in [6.45, 7) is 0. The lowest BCUT2D eigenvalue weighted by molar-refractivity contribution is -0.274. The van der Waals surface area contributed by atoms with Crippen molar-refractivity contribution in [2.75, 3.05) is 6.26 Å². The first-order valence-corrected chi connectivity index (χ1v) is 8.42. The van der Waals surface area contributed by atoms with Gasteiger partial charge in [-0.05, 0) is 36.1 Å². The average Bonchev–Trinajstić information content (AvgIpc) is 3.03. The van der Waals surface area contributed by atoms with Gasteiger partial charge in [0, 0.05) is 0 Å². The number of hydrogen-bond acceptors (Lipinski definition) is 6. The minimum atomic E-state index is -4.71. The van der Waals surface area contributed by atoms with Crippen LogP contribution >= 0.6 is 11.8 Å². The Bertz CT molecular complexity index is 749. The van der Waals surface area contributed by atoms with Gasteiger partial charge in [-0.2, -0.15) is 0 Å². The summed E-state index contributed by atoms with van der Waals surface area (Å²) in [5.41, 5.74) is 0.674. The summed E-state index contributed by atoms with van der Waals surface area (Å²) in [5, 5.41) is 4.73. The van der Waals surface area contributed by atoms with Crippen LogP contribution in [0.1, 0.15) is 18.1 Å². The molecule has 1 aromatic heterocycles. The topological polar surface area (TPSA) is 52.9 Å². The smallest absolute Gasteiger partial charge is 0.438 e. The molecule has 9 heteroatoms. The largest absolute Gasteiger partial charge is 0.573 e. The molecular formula is C16H13F3N2O3S. The fourth-order valence-electron chi connectivity index (χ4n) is 2.16. The summed E-state index contributed by atoms with van der Waals surface area (Å²) in [6, 6.07) is 9.06. The van der Waals surface area contributed by atoms with Crippen molar-refractivity contribution >= 4 is 17.7 Å². The van der Waals surface area contributed by atoms with Gasteiger partial charge in [-0.15, -0.1) is 24.9 Å². The van der Waals surface area contributed by atoms with Crippen molar-refractivity contribution in [3.63, 3.8) is 0 Å². The van der Waals surface area contributed by atoms with Gasteiger partial charge in [0.2, 0.25) is 5.90 Å². The normalized spacial score (nSPS) is 17.0. The monoisotopic (exact) mass is 370 g/mol. The first-order chi connectivity index (χ1) is 11.9. The van der Waals surface area contributed by atoms with Crippen molar-refractivity contribution in [3.05, 3.63) is 48.2 Å². The Morgan fingerprint density at radius 3 is 2.44 bits per heavy atom. The molecule has 0 N–H and O–H groups in total. The summed E-state index contributed by atoms with van der Waals surface area (Å²) in [5.74, 6) is 0.626. The molecule has 0 amide bonds. The van der Waals surface area contributed by atoms with Crippen LogP contribution in [0.4, 0.5) is 13.2 Å². The minimum absolute atomic E-state index is 0.286. The molecule has 2 aromatic rings. The van der Waals surface area contributed by atoms with Crippen molar-refractivity contribution in [2.45, 2.75) is 23.9 Å². The fraction of sp³-hybridized carbons (Fsp3) is 0.250. The molecule has 132 valence electrons. The zero-order valence-corrected chi connectivity index (χ0v) is 13.8. The third-order valence-corrected chi connectivity index (χ3v) is 3.94. The molecule has 0 fully saturated rings. The van der Waals surface area contributed by atoms with Gasteiger partial charge >= 0.3 is 6.36 Å². The zero-order valence-electron chi connectivity index (χ0n) is 13.0. The van der Waals surface area contributed by atoms with Crippen LogP contribution in [0.2, 0.25) is 0 Å². The number of oxime groups is 1. The van der Waals surface area contributed by atoms with Crippen molar-refractivity contribution in [1.29, 1.82) is 0 Å². The Morgan fingerprint density at radius 1 is 1.12 bits per heavy atom. The minimum Gasteiger partial charge on any atom is -0.438 e. The van der Waals surface area contributed by atoms with Crippen LogP contribution < -0.4 is 9.47 Å². The number of aromatic nitrogens is 1. The molecule has 0 aliphatic carbocycles. The number of alkyl halides is 3. The van der Waals surface area contributed by atoms with E-state index in [9.17, 15) is 13.2 Å². The molecule has 3 rings (SSSR count). The third kappa shape index (κ3) is 4.79. The molecule has 1 atom stereocenters. The summed E-state index contributed by atoms with van der Waals surface area (Å²) in [7, 11) is 0. The van der Waals surface area contributed by atoms with Crippen LogP contribution in [-0.2, 0) is 4.84 Å².